The van der Waals surface area contributed by atoms with E-state index in [1.807, 2.05) is 12.1 Å². The summed E-state index contributed by atoms with van der Waals surface area (Å²) in [7, 11) is -1.35. The number of ether oxygens (including phenoxy) is 1. The predicted octanol–water partition coefficient (Wildman–Crippen LogP) is 6.44. The number of imidazole rings is 1. The van der Waals surface area contributed by atoms with Crippen LogP contribution < -0.4 is 5.32 Å². The smallest absolute Gasteiger partial charge is 0.224 e. The van der Waals surface area contributed by atoms with Gasteiger partial charge in [0.1, 0.15) is 24.7 Å². The second kappa shape index (κ2) is 13.4. The van der Waals surface area contributed by atoms with Gasteiger partial charge in [-0.25, -0.2) is 9.37 Å². The van der Waals surface area contributed by atoms with Crippen molar-refractivity contribution in [2.75, 3.05) is 11.9 Å². The normalized spacial score (nSPS) is 17.0. The Bertz CT molecular complexity index is 1880. The Kier molecular flexibility index (Phi) is 9.33. The van der Waals surface area contributed by atoms with E-state index in [1.165, 1.54) is 29.2 Å². The topological polar surface area (TPSA) is 133 Å². The Morgan fingerprint density at radius 3 is 2.70 bits per heavy atom. The first-order valence-corrected chi connectivity index (χ1v) is 19.6. The molecule has 0 aliphatic carbocycles. The van der Waals surface area contributed by atoms with Crippen LogP contribution in [0.4, 0.5) is 10.1 Å². The molecule has 1 amide bonds. The van der Waals surface area contributed by atoms with Gasteiger partial charge >= 0.3 is 0 Å². The van der Waals surface area contributed by atoms with E-state index in [1.54, 1.807) is 35.2 Å². The van der Waals surface area contributed by atoms with Gasteiger partial charge in [-0.05, 0) is 78.2 Å². The number of carbonyl (C=O) groups is 1. The maximum Gasteiger partial charge on any atom is 0.224 e. The summed E-state index contributed by atoms with van der Waals surface area (Å²) in [5.41, 5.74) is 2.14. The molecule has 6 rings (SSSR count). The van der Waals surface area contributed by atoms with Crippen LogP contribution in [0.5, 0.6) is 0 Å². The van der Waals surface area contributed by atoms with Gasteiger partial charge in [0.15, 0.2) is 5.60 Å². The largest absolute Gasteiger partial charge is 0.375 e. The van der Waals surface area contributed by atoms with Crippen molar-refractivity contribution >= 4 is 31.3 Å². The molecular formula is C33H36ClFN8O3Si. The molecule has 4 heterocycles. The molecule has 5 aromatic rings. The van der Waals surface area contributed by atoms with Crippen LogP contribution in [0, 0.1) is 5.82 Å². The third kappa shape index (κ3) is 7.33. The van der Waals surface area contributed by atoms with Crippen molar-refractivity contribution in [1.82, 2.24) is 34.7 Å². The number of halogens is 2. The number of amides is 1. The fourth-order valence-electron chi connectivity index (χ4n) is 5.60. The third-order valence-electron chi connectivity index (χ3n) is 8.15. The van der Waals surface area contributed by atoms with Crippen molar-refractivity contribution in [3.63, 3.8) is 0 Å². The highest BCUT2D eigenvalue weighted by atomic mass is 35.5. The number of nitrogens with one attached hydrogen (secondary N) is 1. The number of tetrazole rings is 1. The summed E-state index contributed by atoms with van der Waals surface area (Å²) in [4.78, 5) is 22.5. The molecule has 1 aliphatic rings. The van der Waals surface area contributed by atoms with Gasteiger partial charge in [-0.3, -0.25) is 9.78 Å². The molecule has 0 saturated heterocycles. The molecule has 1 unspecified atom stereocenters. The minimum Gasteiger partial charge on any atom is -0.375 e. The maximum absolute atomic E-state index is 14.6. The summed E-state index contributed by atoms with van der Waals surface area (Å²) in [6, 6.07) is 14.1. The van der Waals surface area contributed by atoms with Crippen molar-refractivity contribution in [1.29, 1.82) is 0 Å². The molecule has 0 fully saturated rings. The van der Waals surface area contributed by atoms with Crippen LogP contribution in [0.1, 0.15) is 37.2 Å². The van der Waals surface area contributed by atoms with Gasteiger partial charge in [-0.1, -0.05) is 37.3 Å². The zero-order chi connectivity index (χ0) is 33.2. The lowest BCUT2D eigenvalue weighted by molar-refractivity contribution is -0.116. The number of hydrogen-bond donors (Lipinski definition) is 2. The van der Waals surface area contributed by atoms with E-state index < -0.39 is 19.5 Å². The van der Waals surface area contributed by atoms with Crippen molar-refractivity contribution in [3.05, 3.63) is 89.6 Å². The van der Waals surface area contributed by atoms with Crippen LogP contribution in [-0.4, -0.2) is 60.4 Å². The minimum absolute atomic E-state index is 0.127. The number of hydrogen-bond acceptors (Lipinski definition) is 8. The lowest BCUT2D eigenvalue weighted by atomic mass is 9.90. The average molecular weight is 675 g/mol. The SMILES string of the molecule is C[Si](C)(C)CCOCn1cc2nc1C(O)(c1ccc(-c3cc(Cl)ccc3-n3cnnn3)cn1)CCCCC(=O)Nc1ccc(F)cc1-2. The Morgan fingerprint density at radius 2 is 1.96 bits per heavy atom. The second-order valence-corrected chi connectivity index (χ2v) is 19.0. The molecule has 47 heavy (non-hydrogen) atoms. The number of carbonyl (C=O) groups excluding carboxylic acids is 1. The first-order chi connectivity index (χ1) is 22.5. The first-order valence-electron chi connectivity index (χ1n) is 15.5. The number of rotatable bonds is 8. The predicted molar refractivity (Wildman–Crippen MR) is 179 cm³/mol. The third-order valence-corrected chi connectivity index (χ3v) is 10.1. The van der Waals surface area contributed by atoms with E-state index in [-0.39, 0.29) is 25.5 Å². The van der Waals surface area contributed by atoms with Crippen molar-refractivity contribution in [2.24, 2.45) is 0 Å². The summed E-state index contributed by atoms with van der Waals surface area (Å²) < 4.78 is 24.0. The Hall–Kier alpha value is -4.30. The molecule has 3 aromatic heterocycles. The first kappa shape index (κ1) is 32.6. The van der Waals surface area contributed by atoms with E-state index in [0.29, 0.717) is 58.6 Å². The molecule has 2 aromatic carbocycles. The number of fused-ring (bicyclic) bond motifs is 4. The van der Waals surface area contributed by atoms with Gasteiger partial charge in [0.05, 0.1) is 22.8 Å². The molecule has 1 atom stereocenters. The monoisotopic (exact) mass is 674 g/mol. The van der Waals surface area contributed by atoms with Crippen LogP contribution in [0.3, 0.4) is 0 Å². The number of anilines is 1. The molecule has 0 saturated carbocycles. The molecule has 2 bridgehead atoms. The van der Waals surface area contributed by atoms with Gasteiger partial charge in [0, 0.05) is 55.2 Å². The number of nitrogens with zero attached hydrogens (tertiary/aromatic N) is 7. The van der Waals surface area contributed by atoms with E-state index in [4.69, 9.17) is 26.3 Å². The average Bonchev–Trinajstić information content (AvgIpc) is 3.73. The maximum atomic E-state index is 14.6. The fraction of sp³-hybridized carbons (Fsp3) is 0.333. The highest BCUT2D eigenvalue weighted by molar-refractivity contribution is 6.76. The van der Waals surface area contributed by atoms with Crippen molar-refractivity contribution in [2.45, 2.75) is 63.7 Å². The lowest BCUT2D eigenvalue weighted by Crippen LogP contribution is -2.33. The molecule has 11 nitrogen and oxygen atoms in total. The molecule has 1 aliphatic heterocycles. The van der Waals surface area contributed by atoms with Crippen LogP contribution in [-0.2, 0) is 21.9 Å². The standard InChI is InChI=1S/C33H36ClFN8O3Si/c1-47(2,3)15-14-46-21-42-19-28-26-17-24(35)9-10-27(26)38-31(44)6-4-5-13-33(45,32(42)39-28)30-12-7-22(18-36-30)25-16-23(34)8-11-29(25)43-20-37-40-41-43/h7-12,16-20,45H,4-6,13-15,21H2,1-3H3,(H,38,44). The van der Waals surface area contributed by atoms with Gasteiger partial charge < -0.3 is 19.7 Å². The van der Waals surface area contributed by atoms with Gasteiger partial charge in [-0.2, -0.15) is 4.68 Å². The van der Waals surface area contributed by atoms with Crippen LogP contribution >= 0.6 is 11.6 Å². The quantitative estimate of drug-likeness (QED) is 0.142. The summed E-state index contributed by atoms with van der Waals surface area (Å²) in [6.45, 7) is 7.52. The Balaban J connectivity index is 1.44. The number of benzene rings is 2. The fourth-order valence-corrected chi connectivity index (χ4v) is 6.52. The molecule has 2 N–H and O–H groups in total. The molecule has 14 heteroatoms. The lowest BCUT2D eigenvalue weighted by Gasteiger charge is -2.28. The minimum atomic E-state index is -1.66. The second-order valence-electron chi connectivity index (χ2n) is 12.9. The zero-order valence-corrected chi connectivity index (χ0v) is 28.2. The van der Waals surface area contributed by atoms with Gasteiger partial charge in [0.25, 0.3) is 0 Å². The van der Waals surface area contributed by atoms with Crippen LogP contribution in [0.2, 0.25) is 30.7 Å². The summed E-state index contributed by atoms with van der Waals surface area (Å²) in [6.07, 6.45) is 6.40. The summed E-state index contributed by atoms with van der Waals surface area (Å²) in [5.74, 6) is -0.346. The van der Waals surface area contributed by atoms with E-state index >= 15 is 0 Å². The van der Waals surface area contributed by atoms with Crippen LogP contribution in [0.25, 0.3) is 28.1 Å². The summed E-state index contributed by atoms with van der Waals surface area (Å²) >= 11 is 6.37. The van der Waals surface area contributed by atoms with Crippen LogP contribution in [0.15, 0.2) is 67.3 Å². The number of aliphatic hydroxyl groups is 1. The van der Waals surface area contributed by atoms with Gasteiger partial charge in [0.2, 0.25) is 5.91 Å². The number of pyridine rings is 1. The highest BCUT2D eigenvalue weighted by Gasteiger charge is 2.38. The zero-order valence-electron chi connectivity index (χ0n) is 26.5. The number of aromatic nitrogens is 7. The molecule has 0 radical (unpaired) electrons. The Labute approximate surface area is 277 Å². The van der Waals surface area contributed by atoms with E-state index in [9.17, 15) is 14.3 Å². The van der Waals surface area contributed by atoms with Crippen molar-refractivity contribution < 1.29 is 19.0 Å². The Morgan fingerprint density at radius 1 is 1.11 bits per heavy atom. The molecular weight excluding hydrogens is 639 g/mol. The highest BCUT2D eigenvalue weighted by Crippen LogP contribution is 2.38. The molecule has 0 spiro atoms. The van der Waals surface area contributed by atoms with Crippen molar-refractivity contribution in [3.8, 4) is 28.1 Å². The summed E-state index contributed by atoms with van der Waals surface area (Å²) in [5, 5.41) is 27.6. The van der Waals surface area contributed by atoms with E-state index in [2.05, 4.69) is 40.5 Å². The molecule has 244 valence electrons. The van der Waals surface area contributed by atoms with Gasteiger partial charge in [-0.15, -0.1) is 5.10 Å². The van der Waals surface area contributed by atoms with E-state index in [0.717, 1.165) is 17.2 Å².